The molecule has 0 atom stereocenters. The third kappa shape index (κ3) is 4.54. The second-order valence-electron chi connectivity index (χ2n) is 8.31. The van der Waals surface area contributed by atoms with Crippen LogP contribution in [0, 0.1) is 0 Å². The summed E-state index contributed by atoms with van der Waals surface area (Å²) < 4.78 is 7.28. The summed E-state index contributed by atoms with van der Waals surface area (Å²) in [5.41, 5.74) is 9.26. The summed E-state index contributed by atoms with van der Waals surface area (Å²) in [6, 6.07) is 15.1. The monoisotopic (exact) mass is 472 g/mol. The van der Waals surface area contributed by atoms with Crippen LogP contribution in [-0.4, -0.2) is 58.7 Å². The minimum absolute atomic E-state index is 0.453. The predicted molar refractivity (Wildman–Crippen MR) is 137 cm³/mol. The zero-order chi connectivity index (χ0) is 24.4. The van der Waals surface area contributed by atoms with Crippen LogP contribution in [0.25, 0.3) is 11.2 Å². The molecule has 10 nitrogen and oxygen atoms in total. The minimum atomic E-state index is -0.460. The van der Waals surface area contributed by atoms with Crippen molar-refractivity contribution in [2.45, 2.75) is 13.5 Å². The maximum Gasteiger partial charge on any atom is 0.248 e. The molecule has 180 valence electrons. The normalized spacial score (nSPS) is 13.8. The number of primary amides is 1. The molecule has 4 aromatic rings. The lowest BCUT2D eigenvalue weighted by atomic mass is 10.2. The molecule has 0 saturated carbocycles. The van der Waals surface area contributed by atoms with Crippen LogP contribution in [0.3, 0.4) is 0 Å². The molecule has 1 aliphatic heterocycles. The molecule has 1 fully saturated rings. The van der Waals surface area contributed by atoms with E-state index in [1.807, 2.05) is 16.7 Å². The van der Waals surface area contributed by atoms with Gasteiger partial charge in [-0.15, -0.1) is 0 Å². The molecule has 5 rings (SSSR count). The van der Waals surface area contributed by atoms with Crippen molar-refractivity contribution < 1.29 is 9.53 Å². The van der Waals surface area contributed by atoms with Crippen molar-refractivity contribution in [1.82, 2.24) is 19.5 Å². The van der Waals surface area contributed by atoms with Crippen LogP contribution in [0.1, 0.15) is 17.3 Å². The van der Waals surface area contributed by atoms with Crippen LogP contribution in [0.5, 0.6) is 5.75 Å². The van der Waals surface area contributed by atoms with Crippen molar-refractivity contribution in [2.75, 3.05) is 48.4 Å². The molecule has 2 aromatic heterocycles. The van der Waals surface area contributed by atoms with Crippen molar-refractivity contribution in [3.05, 3.63) is 60.4 Å². The lowest BCUT2D eigenvalue weighted by molar-refractivity contribution is 0.100. The first kappa shape index (κ1) is 22.5. The summed E-state index contributed by atoms with van der Waals surface area (Å²) in [4.78, 5) is 30.2. The number of piperazine rings is 1. The molecule has 35 heavy (non-hydrogen) atoms. The lowest BCUT2D eigenvalue weighted by Crippen LogP contribution is -2.47. The molecule has 10 heteroatoms. The number of nitrogens with zero attached hydrogens (tertiary/aromatic N) is 6. The Bertz CT molecular complexity index is 1330. The highest BCUT2D eigenvalue weighted by molar-refractivity contribution is 5.93. The number of aromatic nitrogens is 4. The molecule has 1 aliphatic rings. The summed E-state index contributed by atoms with van der Waals surface area (Å²) in [6.45, 7) is 6.13. The van der Waals surface area contributed by atoms with E-state index in [2.05, 4.69) is 39.2 Å². The molecular formula is C25H28N8O2. The van der Waals surface area contributed by atoms with Crippen LogP contribution >= 0.6 is 0 Å². The summed E-state index contributed by atoms with van der Waals surface area (Å²) in [6.07, 6.45) is 1.78. The third-order valence-electron chi connectivity index (χ3n) is 6.23. The number of carbonyl (C=O) groups excluding carboxylic acids is 1. The minimum Gasteiger partial charge on any atom is -0.497 e. The van der Waals surface area contributed by atoms with Gasteiger partial charge in [0.1, 0.15) is 5.75 Å². The number of anilines is 4. The van der Waals surface area contributed by atoms with E-state index in [-0.39, 0.29) is 0 Å². The van der Waals surface area contributed by atoms with Gasteiger partial charge in [-0.25, -0.2) is 4.98 Å². The quantitative estimate of drug-likeness (QED) is 0.422. The Balaban J connectivity index is 1.39. The van der Waals surface area contributed by atoms with Gasteiger partial charge in [0.15, 0.2) is 17.0 Å². The van der Waals surface area contributed by atoms with E-state index in [4.69, 9.17) is 20.4 Å². The van der Waals surface area contributed by atoms with Crippen molar-refractivity contribution in [3.8, 4) is 5.75 Å². The zero-order valence-electron chi connectivity index (χ0n) is 19.8. The van der Waals surface area contributed by atoms with Crippen LogP contribution in [0.4, 0.5) is 23.1 Å². The highest BCUT2D eigenvalue weighted by atomic mass is 16.5. The molecule has 0 bridgehead atoms. The Hall–Kier alpha value is -4.34. The smallest absolute Gasteiger partial charge is 0.248 e. The Morgan fingerprint density at radius 2 is 1.69 bits per heavy atom. The van der Waals surface area contributed by atoms with Gasteiger partial charge in [-0.1, -0.05) is 0 Å². The number of aryl methyl sites for hydroxylation is 1. The highest BCUT2D eigenvalue weighted by Crippen LogP contribution is 2.27. The first-order valence-electron chi connectivity index (χ1n) is 11.6. The molecule has 1 saturated heterocycles. The van der Waals surface area contributed by atoms with Crippen molar-refractivity contribution in [2.24, 2.45) is 5.73 Å². The van der Waals surface area contributed by atoms with E-state index in [1.54, 1.807) is 37.7 Å². The second-order valence-corrected chi connectivity index (χ2v) is 8.31. The number of nitrogens with two attached hydrogens (primary N) is 1. The van der Waals surface area contributed by atoms with Gasteiger partial charge in [0, 0.05) is 49.7 Å². The zero-order valence-corrected chi connectivity index (χ0v) is 19.8. The number of hydrogen-bond donors (Lipinski definition) is 2. The molecule has 0 spiro atoms. The van der Waals surface area contributed by atoms with Gasteiger partial charge >= 0.3 is 0 Å². The number of amides is 1. The standard InChI is InChI=1S/C25H28N8O2/c1-3-31-16-27-21-23(28-18-6-4-17(5-7-18)22(26)34)29-25(30-24(21)31)33-14-12-32(13-15-33)19-8-10-20(35-2)11-9-19/h4-11,16H,3,12-15H2,1-2H3,(H2,26,34)(H,28,29,30). The van der Waals surface area contributed by atoms with E-state index in [0.717, 1.165) is 49.8 Å². The topological polar surface area (TPSA) is 114 Å². The first-order valence-corrected chi connectivity index (χ1v) is 11.6. The summed E-state index contributed by atoms with van der Waals surface area (Å²) in [5.74, 6) is 1.68. The number of ether oxygens (including phenoxy) is 1. The lowest BCUT2D eigenvalue weighted by Gasteiger charge is -2.36. The second kappa shape index (κ2) is 9.49. The van der Waals surface area contributed by atoms with E-state index in [0.29, 0.717) is 22.8 Å². The number of carbonyl (C=O) groups is 1. The van der Waals surface area contributed by atoms with E-state index < -0.39 is 5.91 Å². The Labute approximate surface area is 203 Å². The van der Waals surface area contributed by atoms with Crippen molar-refractivity contribution in [1.29, 1.82) is 0 Å². The predicted octanol–water partition coefficient (Wildman–Crippen LogP) is 3.02. The number of methoxy groups -OCH3 is 1. The first-order chi connectivity index (χ1) is 17.1. The fraction of sp³-hybridized carbons (Fsp3) is 0.280. The van der Waals surface area contributed by atoms with Crippen LogP contribution in [-0.2, 0) is 6.54 Å². The van der Waals surface area contributed by atoms with Gasteiger partial charge in [-0.2, -0.15) is 9.97 Å². The number of fused-ring (bicyclic) bond motifs is 1. The average molecular weight is 473 g/mol. The number of benzene rings is 2. The molecule has 3 heterocycles. The highest BCUT2D eigenvalue weighted by Gasteiger charge is 2.22. The van der Waals surface area contributed by atoms with Gasteiger partial charge in [0.2, 0.25) is 11.9 Å². The maximum absolute atomic E-state index is 11.4. The van der Waals surface area contributed by atoms with Crippen molar-refractivity contribution in [3.63, 3.8) is 0 Å². The van der Waals surface area contributed by atoms with Gasteiger partial charge in [-0.05, 0) is 55.5 Å². The van der Waals surface area contributed by atoms with Gasteiger partial charge in [0.05, 0.1) is 13.4 Å². The van der Waals surface area contributed by atoms with Crippen molar-refractivity contribution >= 4 is 40.2 Å². The fourth-order valence-electron chi connectivity index (χ4n) is 4.20. The van der Waals surface area contributed by atoms with E-state index >= 15 is 0 Å². The van der Waals surface area contributed by atoms with Crippen LogP contribution in [0.2, 0.25) is 0 Å². The Morgan fingerprint density at radius 1 is 1.00 bits per heavy atom. The number of hydrogen-bond acceptors (Lipinski definition) is 8. The molecule has 3 N–H and O–H groups in total. The van der Waals surface area contributed by atoms with Crippen LogP contribution < -0.4 is 25.6 Å². The largest absolute Gasteiger partial charge is 0.497 e. The molecule has 1 amide bonds. The Morgan fingerprint density at radius 3 is 2.31 bits per heavy atom. The van der Waals surface area contributed by atoms with Gasteiger partial charge in [-0.3, -0.25) is 4.79 Å². The van der Waals surface area contributed by atoms with E-state index in [1.165, 1.54) is 5.69 Å². The molecule has 0 unspecified atom stereocenters. The molecule has 0 aliphatic carbocycles. The summed E-state index contributed by atoms with van der Waals surface area (Å²) in [7, 11) is 1.67. The van der Waals surface area contributed by atoms with Gasteiger partial charge < -0.3 is 30.2 Å². The summed E-state index contributed by atoms with van der Waals surface area (Å²) >= 11 is 0. The van der Waals surface area contributed by atoms with Crippen LogP contribution in [0.15, 0.2) is 54.9 Å². The third-order valence-corrected chi connectivity index (χ3v) is 6.23. The average Bonchev–Trinajstić information content (AvgIpc) is 3.32. The molecule has 2 aromatic carbocycles. The summed E-state index contributed by atoms with van der Waals surface area (Å²) in [5, 5.41) is 3.35. The maximum atomic E-state index is 11.4. The SMILES string of the molecule is CCn1cnc2c(Nc3ccc(C(N)=O)cc3)nc(N3CCN(c4ccc(OC)cc4)CC3)nc21. The van der Waals surface area contributed by atoms with Gasteiger partial charge in [0.25, 0.3) is 0 Å². The number of nitrogens with one attached hydrogen (secondary N) is 1. The van der Waals surface area contributed by atoms with E-state index in [9.17, 15) is 4.79 Å². The number of imidazole rings is 1. The number of rotatable bonds is 7. The Kier molecular flexibility index (Phi) is 6.09. The molecular weight excluding hydrogens is 444 g/mol. The molecule has 0 radical (unpaired) electrons. The fourth-order valence-corrected chi connectivity index (χ4v) is 4.20.